The fourth-order valence-corrected chi connectivity index (χ4v) is 9.95. The monoisotopic (exact) mass is 535 g/mol. The SMILES string of the molecule is COC(=O)[C@@H]1C[C@@H](O[Si](c2ccccc2)(c2ccccc2)C(C)(C)C)CN1C(=O)Cn1ccc(=O)[nH]c1=O. The summed E-state index contributed by atoms with van der Waals surface area (Å²) in [6.45, 7) is 6.34. The largest absolute Gasteiger partial charge is 0.467 e. The smallest absolute Gasteiger partial charge is 0.328 e. The van der Waals surface area contributed by atoms with Gasteiger partial charge in [-0.3, -0.25) is 19.1 Å². The molecule has 38 heavy (non-hydrogen) atoms. The van der Waals surface area contributed by atoms with E-state index in [1.165, 1.54) is 24.3 Å². The van der Waals surface area contributed by atoms with Crippen LogP contribution in [0.4, 0.5) is 0 Å². The number of carbonyl (C=O) groups excluding carboxylic acids is 2. The summed E-state index contributed by atoms with van der Waals surface area (Å²) in [5, 5.41) is 1.91. The number of methoxy groups -OCH3 is 1. The van der Waals surface area contributed by atoms with Gasteiger partial charge in [0.05, 0.1) is 13.2 Å². The first-order valence-electron chi connectivity index (χ1n) is 12.5. The van der Waals surface area contributed by atoms with Gasteiger partial charge in [0.1, 0.15) is 12.6 Å². The summed E-state index contributed by atoms with van der Waals surface area (Å²) in [6, 6.07) is 20.6. The van der Waals surface area contributed by atoms with Gasteiger partial charge < -0.3 is 14.1 Å². The van der Waals surface area contributed by atoms with Crippen LogP contribution in [0.2, 0.25) is 5.04 Å². The highest BCUT2D eigenvalue weighted by Crippen LogP contribution is 2.39. The molecule has 1 aliphatic heterocycles. The van der Waals surface area contributed by atoms with Crippen molar-refractivity contribution < 1.29 is 18.8 Å². The highest BCUT2D eigenvalue weighted by Gasteiger charge is 2.53. The zero-order valence-electron chi connectivity index (χ0n) is 22.0. The molecule has 2 aromatic carbocycles. The molecule has 10 heteroatoms. The second-order valence-electron chi connectivity index (χ2n) is 10.5. The summed E-state index contributed by atoms with van der Waals surface area (Å²) in [6.07, 6.45) is 1.09. The topological polar surface area (TPSA) is 111 Å². The fraction of sp³-hybridized carbons (Fsp3) is 0.357. The average Bonchev–Trinajstić information content (AvgIpc) is 3.32. The minimum absolute atomic E-state index is 0.168. The summed E-state index contributed by atoms with van der Waals surface area (Å²) >= 11 is 0. The van der Waals surface area contributed by atoms with E-state index in [2.05, 4.69) is 50.0 Å². The van der Waals surface area contributed by atoms with E-state index in [-0.39, 0.29) is 24.5 Å². The van der Waals surface area contributed by atoms with Crippen molar-refractivity contribution in [2.24, 2.45) is 0 Å². The van der Waals surface area contributed by atoms with Gasteiger partial charge in [-0.1, -0.05) is 81.4 Å². The second kappa shape index (κ2) is 10.9. The van der Waals surface area contributed by atoms with Gasteiger partial charge >= 0.3 is 11.7 Å². The number of nitrogens with zero attached hydrogens (tertiary/aromatic N) is 2. The van der Waals surface area contributed by atoms with Gasteiger partial charge in [-0.05, 0) is 15.4 Å². The van der Waals surface area contributed by atoms with Crippen LogP contribution in [0.15, 0.2) is 82.5 Å². The first kappa shape index (κ1) is 27.3. The zero-order chi connectivity index (χ0) is 27.5. The van der Waals surface area contributed by atoms with Gasteiger partial charge in [-0.15, -0.1) is 0 Å². The van der Waals surface area contributed by atoms with E-state index in [1.807, 2.05) is 36.4 Å². The Balaban J connectivity index is 1.71. The molecule has 1 saturated heterocycles. The van der Waals surface area contributed by atoms with Crippen LogP contribution < -0.4 is 21.6 Å². The molecule has 200 valence electrons. The Labute approximate surface area is 222 Å². The van der Waals surface area contributed by atoms with Crippen molar-refractivity contribution in [3.05, 3.63) is 93.8 Å². The standard InChI is InChI=1S/C28H33N3O6Si/c1-28(2,3)38(21-11-7-5-8-12-21,22-13-9-6-10-14-22)37-20-17-23(26(34)36-4)31(18-20)25(33)19-30-16-15-24(32)29-27(30)35/h5-16,20,23H,17-19H2,1-4H3,(H,29,32,35)/t20-,23+/m1/s1. The Morgan fingerprint density at radius 3 is 2.05 bits per heavy atom. The third kappa shape index (κ3) is 5.27. The summed E-state index contributed by atoms with van der Waals surface area (Å²) in [7, 11) is -1.64. The number of rotatable bonds is 7. The third-order valence-electron chi connectivity index (χ3n) is 7.02. The molecule has 2 atom stereocenters. The number of H-pyrrole nitrogens is 1. The zero-order valence-corrected chi connectivity index (χ0v) is 23.0. The number of hydrogen-bond acceptors (Lipinski definition) is 6. The lowest BCUT2D eigenvalue weighted by Gasteiger charge is -2.44. The van der Waals surface area contributed by atoms with Crippen LogP contribution in [0.3, 0.4) is 0 Å². The number of esters is 1. The normalized spacial score (nSPS) is 17.8. The molecule has 1 aromatic heterocycles. The van der Waals surface area contributed by atoms with E-state index in [9.17, 15) is 19.2 Å². The lowest BCUT2D eigenvalue weighted by Crippen LogP contribution is -2.67. The molecule has 0 spiro atoms. The fourth-order valence-electron chi connectivity index (χ4n) is 5.26. The van der Waals surface area contributed by atoms with E-state index in [1.54, 1.807) is 0 Å². The van der Waals surface area contributed by atoms with Crippen molar-refractivity contribution in [3.8, 4) is 0 Å². The van der Waals surface area contributed by atoms with Crippen LogP contribution in [-0.4, -0.2) is 60.4 Å². The molecule has 1 aliphatic rings. The number of aromatic amines is 1. The molecule has 2 heterocycles. The van der Waals surface area contributed by atoms with Gasteiger partial charge in [0.15, 0.2) is 0 Å². The predicted octanol–water partition coefficient (Wildman–Crippen LogP) is 1.26. The summed E-state index contributed by atoms with van der Waals surface area (Å²) < 4.78 is 13.3. The van der Waals surface area contributed by atoms with Crippen LogP contribution in [-0.2, 0) is 25.3 Å². The Bertz CT molecular complexity index is 1360. The van der Waals surface area contributed by atoms with Crippen LogP contribution >= 0.6 is 0 Å². The van der Waals surface area contributed by atoms with Crippen molar-refractivity contribution in [2.45, 2.75) is 50.9 Å². The first-order valence-corrected chi connectivity index (χ1v) is 14.4. The lowest BCUT2D eigenvalue weighted by atomic mass is 10.2. The van der Waals surface area contributed by atoms with E-state index in [0.717, 1.165) is 14.9 Å². The number of amides is 1. The maximum Gasteiger partial charge on any atom is 0.328 e. The van der Waals surface area contributed by atoms with E-state index >= 15 is 0 Å². The number of benzene rings is 2. The minimum atomic E-state index is -2.93. The number of nitrogens with one attached hydrogen (secondary N) is 1. The van der Waals surface area contributed by atoms with E-state index in [4.69, 9.17) is 9.16 Å². The van der Waals surface area contributed by atoms with Crippen LogP contribution in [0.25, 0.3) is 0 Å². The molecule has 0 bridgehead atoms. The summed E-state index contributed by atoms with van der Waals surface area (Å²) in [5.74, 6) is -0.983. The van der Waals surface area contributed by atoms with E-state index in [0.29, 0.717) is 0 Å². The number of hydrogen-bond donors (Lipinski definition) is 1. The van der Waals surface area contributed by atoms with E-state index < -0.39 is 43.6 Å². The molecule has 0 unspecified atom stereocenters. The average molecular weight is 536 g/mol. The number of carbonyl (C=O) groups is 2. The highest BCUT2D eigenvalue weighted by molar-refractivity contribution is 6.99. The van der Waals surface area contributed by atoms with Crippen molar-refractivity contribution in [2.75, 3.05) is 13.7 Å². The van der Waals surface area contributed by atoms with Crippen molar-refractivity contribution in [3.63, 3.8) is 0 Å². The van der Waals surface area contributed by atoms with Crippen LogP contribution in [0.1, 0.15) is 27.2 Å². The van der Waals surface area contributed by atoms with Gasteiger partial charge in [0, 0.05) is 25.2 Å². The Kier molecular flexibility index (Phi) is 7.84. The molecule has 1 amide bonds. The maximum atomic E-state index is 13.4. The summed E-state index contributed by atoms with van der Waals surface area (Å²) in [5.41, 5.74) is -1.24. The van der Waals surface area contributed by atoms with Crippen molar-refractivity contribution >= 4 is 30.6 Å². The van der Waals surface area contributed by atoms with Gasteiger partial charge in [-0.25, -0.2) is 9.59 Å². The molecule has 0 aliphatic carbocycles. The molecule has 3 aromatic rings. The quantitative estimate of drug-likeness (QED) is 0.360. The van der Waals surface area contributed by atoms with Gasteiger partial charge in [0.25, 0.3) is 13.9 Å². The third-order valence-corrected chi connectivity index (χ3v) is 12.1. The number of ether oxygens (including phenoxy) is 1. The maximum absolute atomic E-state index is 13.4. The number of aromatic nitrogens is 2. The Hall–Kier alpha value is -3.76. The van der Waals surface area contributed by atoms with Crippen molar-refractivity contribution in [1.82, 2.24) is 14.5 Å². The lowest BCUT2D eigenvalue weighted by molar-refractivity contribution is -0.151. The molecule has 4 rings (SSSR count). The molecular weight excluding hydrogens is 502 g/mol. The Morgan fingerprint density at radius 2 is 1.55 bits per heavy atom. The van der Waals surface area contributed by atoms with Crippen LogP contribution in [0.5, 0.6) is 0 Å². The van der Waals surface area contributed by atoms with Crippen molar-refractivity contribution in [1.29, 1.82) is 0 Å². The molecule has 1 N–H and O–H groups in total. The Morgan fingerprint density at radius 1 is 0.974 bits per heavy atom. The predicted molar refractivity (Wildman–Crippen MR) is 146 cm³/mol. The minimum Gasteiger partial charge on any atom is -0.467 e. The second-order valence-corrected chi connectivity index (χ2v) is 14.7. The van der Waals surface area contributed by atoms with Gasteiger partial charge in [0.2, 0.25) is 5.91 Å². The molecule has 9 nitrogen and oxygen atoms in total. The summed E-state index contributed by atoms with van der Waals surface area (Å²) in [4.78, 5) is 53.3. The first-order chi connectivity index (χ1) is 18.1. The van der Waals surface area contributed by atoms with Crippen LogP contribution in [0, 0.1) is 0 Å². The molecule has 1 fully saturated rings. The van der Waals surface area contributed by atoms with Gasteiger partial charge in [-0.2, -0.15) is 0 Å². The molecular formula is C28H33N3O6Si. The number of likely N-dealkylation sites (tertiary alicyclic amines) is 1. The molecule has 0 saturated carbocycles. The highest BCUT2D eigenvalue weighted by atomic mass is 28.4. The molecule has 0 radical (unpaired) electrons.